The quantitative estimate of drug-likeness (QED) is 0.908. The molecule has 0 bridgehead atoms. The minimum Gasteiger partial charge on any atom is -0.366 e. The van der Waals surface area contributed by atoms with E-state index in [0.717, 1.165) is 23.5 Å². The van der Waals surface area contributed by atoms with Crippen LogP contribution in [-0.4, -0.2) is 43.2 Å². The summed E-state index contributed by atoms with van der Waals surface area (Å²) in [6.45, 7) is 6.72. The first-order valence-electron chi connectivity index (χ1n) is 8.18. The molecule has 0 amide bonds. The monoisotopic (exact) mass is 351 g/mol. The maximum atomic E-state index is 5.80. The number of nitrogens with two attached hydrogens (primary N) is 1. The third-order valence-corrected chi connectivity index (χ3v) is 5.45. The molecule has 1 aromatic rings. The molecule has 2 fully saturated rings. The van der Waals surface area contributed by atoms with Crippen LogP contribution in [0.5, 0.6) is 0 Å². The zero-order valence-electron chi connectivity index (χ0n) is 12.9. The van der Waals surface area contributed by atoms with Crippen molar-refractivity contribution in [3.8, 4) is 0 Å². The van der Waals surface area contributed by atoms with Gasteiger partial charge in [-0.3, -0.25) is 4.90 Å². The lowest BCUT2D eigenvalue weighted by Gasteiger charge is -2.49. The summed E-state index contributed by atoms with van der Waals surface area (Å²) in [6, 6.07) is 7.95. The fourth-order valence-corrected chi connectivity index (χ4v) is 4.21. The van der Waals surface area contributed by atoms with Gasteiger partial charge >= 0.3 is 0 Å². The highest BCUT2D eigenvalue weighted by atomic mass is 79.9. The normalized spacial score (nSPS) is 26.7. The fourth-order valence-electron chi connectivity index (χ4n) is 3.86. The van der Waals surface area contributed by atoms with Crippen LogP contribution >= 0.6 is 15.9 Å². The van der Waals surface area contributed by atoms with Crippen LogP contribution in [0, 0.1) is 0 Å². The lowest BCUT2D eigenvalue weighted by Crippen LogP contribution is -2.59. The zero-order valence-corrected chi connectivity index (χ0v) is 14.5. The van der Waals surface area contributed by atoms with Crippen LogP contribution in [0.1, 0.15) is 31.7 Å². The minimum atomic E-state index is 0.574. The maximum Gasteiger partial charge on any atom is 0.0413 e. The summed E-state index contributed by atoms with van der Waals surface area (Å²) in [5.74, 6) is 0. The van der Waals surface area contributed by atoms with E-state index >= 15 is 0 Å². The summed E-state index contributed by atoms with van der Waals surface area (Å²) in [5, 5.41) is 0. The van der Waals surface area contributed by atoms with Gasteiger partial charge in [-0.2, -0.15) is 0 Å². The fraction of sp³-hybridized carbons (Fsp3) is 0.647. The molecule has 2 N–H and O–H groups in total. The van der Waals surface area contributed by atoms with Crippen molar-refractivity contribution in [3.05, 3.63) is 28.2 Å². The first-order chi connectivity index (χ1) is 10.2. The van der Waals surface area contributed by atoms with Crippen molar-refractivity contribution in [2.45, 2.75) is 44.7 Å². The summed E-state index contributed by atoms with van der Waals surface area (Å²) in [4.78, 5) is 5.31. The van der Waals surface area contributed by atoms with Gasteiger partial charge in [0.15, 0.2) is 0 Å². The van der Waals surface area contributed by atoms with Crippen molar-refractivity contribution in [3.63, 3.8) is 0 Å². The van der Waals surface area contributed by atoms with Crippen molar-refractivity contribution in [1.82, 2.24) is 4.90 Å². The smallest absolute Gasteiger partial charge is 0.0413 e. The minimum absolute atomic E-state index is 0.574. The second-order valence-electron chi connectivity index (χ2n) is 6.46. The number of rotatable bonds is 3. The van der Waals surface area contributed by atoms with Crippen molar-refractivity contribution < 1.29 is 0 Å². The summed E-state index contributed by atoms with van der Waals surface area (Å²) < 4.78 is 1.16. The van der Waals surface area contributed by atoms with Crippen LogP contribution in [-0.2, 0) is 6.42 Å². The Hall–Kier alpha value is -0.580. The lowest BCUT2D eigenvalue weighted by atomic mass is 9.95. The van der Waals surface area contributed by atoms with Crippen LogP contribution in [0.15, 0.2) is 22.7 Å². The molecule has 2 heterocycles. The van der Waals surface area contributed by atoms with Crippen molar-refractivity contribution in [2.75, 3.05) is 31.1 Å². The molecular weight excluding hydrogens is 326 g/mol. The van der Waals surface area contributed by atoms with Gasteiger partial charge in [0.1, 0.15) is 0 Å². The van der Waals surface area contributed by atoms with E-state index in [1.807, 2.05) is 0 Å². The van der Waals surface area contributed by atoms with Crippen LogP contribution in [0.2, 0.25) is 0 Å². The molecule has 2 unspecified atom stereocenters. The molecule has 1 aromatic carbocycles. The number of piperidine rings is 1. The topological polar surface area (TPSA) is 32.5 Å². The Bertz CT molecular complexity index is 491. The van der Waals surface area contributed by atoms with Crippen molar-refractivity contribution in [2.24, 2.45) is 5.73 Å². The van der Waals surface area contributed by atoms with E-state index < -0.39 is 0 Å². The first kappa shape index (κ1) is 15.3. The van der Waals surface area contributed by atoms with E-state index in [0.29, 0.717) is 12.6 Å². The highest BCUT2D eigenvalue weighted by molar-refractivity contribution is 9.10. The van der Waals surface area contributed by atoms with E-state index in [1.165, 1.54) is 43.6 Å². The van der Waals surface area contributed by atoms with Gasteiger partial charge in [-0.25, -0.2) is 0 Å². The molecule has 21 heavy (non-hydrogen) atoms. The molecule has 3 rings (SSSR count). The number of piperazine rings is 1. The van der Waals surface area contributed by atoms with E-state index in [9.17, 15) is 0 Å². The summed E-state index contributed by atoms with van der Waals surface area (Å²) >= 11 is 3.63. The Morgan fingerprint density at radius 2 is 2.14 bits per heavy atom. The van der Waals surface area contributed by atoms with Gasteiger partial charge in [0, 0.05) is 35.3 Å². The highest BCUT2D eigenvalue weighted by Crippen LogP contribution is 2.32. The first-order valence-corrected chi connectivity index (χ1v) is 8.97. The third-order valence-electron chi connectivity index (χ3n) is 4.96. The summed E-state index contributed by atoms with van der Waals surface area (Å²) in [6.07, 6.45) is 5.07. The molecule has 0 aliphatic carbocycles. The number of fused-ring (bicyclic) bond motifs is 1. The maximum absolute atomic E-state index is 5.80. The van der Waals surface area contributed by atoms with Gasteiger partial charge < -0.3 is 10.6 Å². The van der Waals surface area contributed by atoms with Crippen molar-refractivity contribution in [1.29, 1.82) is 0 Å². The zero-order chi connectivity index (χ0) is 14.8. The van der Waals surface area contributed by atoms with Crippen LogP contribution in [0.3, 0.4) is 0 Å². The second-order valence-corrected chi connectivity index (χ2v) is 7.37. The largest absolute Gasteiger partial charge is 0.366 e. The number of hydrogen-bond acceptors (Lipinski definition) is 3. The van der Waals surface area contributed by atoms with Crippen LogP contribution in [0.25, 0.3) is 0 Å². The Labute approximate surface area is 136 Å². The molecule has 2 saturated heterocycles. The number of nitrogens with zero attached hydrogens (tertiary/aromatic N) is 2. The number of hydrogen-bond donors (Lipinski definition) is 1. The molecule has 0 aromatic heterocycles. The van der Waals surface area contributed by atoms with Crippen LogP contribution < -0.4 is 10.6 Å². The van der Waals surface area contributed by atoms with Gasteiger partial charge in [-0.15, -0.1) is 0 Å². The lowest BCUT2D eigenvalue weighted by molar-refractivity contribution is 0.115. The van der Waals surface area contributed by atoms with E-state index in [1.54, 1.807) is 0 Å². The Morgan fingerprint density at radius 1 is 1.29 bits per heavy atom. The molecule has 0 saturated carbocycles. The van der Waals surface area contributed by atoms with Gasteiger partial charge in [-0.05, 0) is 57.0 Å². The second kappa shape index (κ2) is 6.67. The predicted molar refractivity (Wildman–Crippen MR) is 92.9 cm³/mol. The average molecular weight is 352 g/mol. The van der Waals surface area contributed by atoms with Crippen molar-refractivity contribution >= 4 is 21.6 Å². The molecule has 0 radical (unpaired) electrons. The highest BCUT2D eigenvalue weighted by Gasteiger charge is 2.33. The average Bonchev–Trinajstić information content (AvgIpc) is 2.49. The van der Waals surface area contributed by atoms with Gasteiger partial charge in [0.2, 0.25) is 0 Å². The Morgan fingerprint density at radius 3 is 2.95 bits per heavy atom. The molecule has 4 heteroatoms. The third kappa shape index (κ3) is 3.27. The summed E-state index contributed by atoms with van der Waals surface area (Å²) in [5.41, 5.74) is 8.57. The van der Waals surface area contributed by atoms with Gasteiger partial charge in [0.05, 0.1) is 0 Å². The predicted octanol–water partition coefficient (Wildman–Crippen LogP) is 3.01. The SMILES string of the molecule is CC1CN2CCCCC2CN1c1cc(Br)ccc1CCN. The number of anilines is 1. The molecular formula is C17H26BrN3. The molecule has 3 nitrogen and oxygen atoms in total. The number of benzene rings is 1. The molecule has 116 valence electrons. The molecule has 0 spiro atoms. The molecule has 2 aliphatic heterocycles. The molecule has 2 aliphatic rings. The van der Waals surface area contributed by atoms with E-state index in [2.05, 4.69) is 50.9 Å². The van der Waals surface area contributed by atoms with Gasteiger partial charge in [0.25, 0.3) is 0 Å². The van der Waals surface area contributed by atoms with Crippen LogP contribution in [0.4, 0.5) is 5.69 Å². The molecule has 2 atom stereocenters. The summed E-state index contributed by atoms with van der Waals surface area (Å²) in [7, 11) is 0. The number of halogens is 1. The van der Waals surface area contributed by atoms with E-state index in [-0.39, 0.29) is 0 Å². The Kier molecular flexibility index (Phi) is 4.87. The van der Waals surface area contributed by atoms with Gasteiger partial charge in [-0.1, -0.05) is 28.4 Å². The standard InChI is InChI=1S/C17H26BrN3/c1-13-11-20-9-3-2-4-16(20)12-21(13)17-10-15(18)6-5-14(17)7-8-19/h5-6,10,13,16H,2-4,7-9,11-12,19H2,1H3. The van der Waals surface area contributed by atoms with E-state index in [4.69, 9.17) is 5.73 Å². The Balaban J connectivity index is 1.86.